The molecule has 6 nitrogen and oxygen atoms in total. The fraction of sp³-hybridized carbons (Fsp3) is 0.250. The molecule has 2 rings (SSSR count). The molecule has 1 amide bonds. The summed E-state index contributed by atoms with van der Waals surface area (Å²) in [5.41, 5.74) is 1.70. The summed E-state index contributed by atoms with van der Waals surface area (Å²) in [6, 6.07) is 11.2. The smallest absolute Gasteiger partial charge is 0.246 e. The van der Waals surface area contributed by atoms with Gasteiger partial charge in [-0.15, -0.1) is 0 Å². The predicted molar refractivity (Wildman–Crippen MR) is 98.5 cm³/mol. The van der Waals surface area contributed by atoms with Gasteiger partial charge in [-0.3, -0.25) is 9.78 Å². The largest absolute Gasteiger partial charge is 0.497 e. The van der Waals surface area contributed by atoms with Crippen molar-refractivity contribution < 1.29 is 14.3 Å². The Morgan fingerprint density at radius 1 is 1.27 bits per heavy atom. The molecule has 6 heteroatoms. The van der Waals surface area contributed by atoms with Crippen molar-refractivity contribution in [2.45, 2.75) is 13.0 Å². The molecule has 2 aromatic rings. The van der Waals surface area contributed by atoms with E-state index in [1.54, 1.807) is 43.7 Å². The molecule has 0 unspecified atom stereocenters. The van der Waals surface area contributed by atoms with Crippen LogP contribution in [0.3, 0.4) is 0 Å². The normalized spacial score (nSPS) is 10.3. The number of nitriles is 1. The second-order valence-electron chi connectivity index (χ2n) is 5.51. The van der Waals surface area contributed by atoms with E-state index in [0.717, 1.165) is 11.1 Å². The summed E-state index contributed by atoms with van der Waals surface area (Å²) < 4.78 is 10.5. The highest BCUT2D eigenvalue weighted by molar-refractivity contribution is 5.91. The molecule has 0 atom stereocenters. The molecular formula is C20H21N3O3. The molecule has 0 aliphatic carbocycles. The van der Waals surface area contributed by atoms with Crippen LogP contribution in [0.1, 0.15) is 17.5 Å². The molecule has 0 fully saturated rings. The van der Waals surface area contributed by atoms with Crippen LogP contribution in [0.2, 0.25) is 0 Å². The lowest BCUT2D eigenvalue weighted by Gasteiger charge is -2.20. The topological polar surface area (TPSA) is 75.5 Å². The number of amides is 1. The van der Waals surface area contributed by atoms with Gasteiger partial charge in [0.25, 0.3) is 0 Å². The van der Waals surface area contributed by atoms with Gasteiger partial charge in [0.1, 0.15) is 11.5 Å². The van der Waals surface area contributed by atoms with Crippen LogP contribution >= 0.6 is 0 Å². The molecule has 134 valence electrons. The third-order valence-corrected chi connectivity index (χ3v) is 3.69. The quantitative estimate of drug-likeness (QED) is 0.683. The van der Waals surface area contributed by atoms with E-state index in [1.807, 2.05) is 24.3 Å². The van der Waals surface area contributed by atoms with Gasteiger partial charge in [0.15, 0.2) is 0 Å². The highest BCUT2D eigenvalue weighted by Crippen LogP contribution is 2.23. The Labute approximate surface area is 153 Å². The fourth-order valence-corrected chi connectivity index (χ4v) is 2.36. The van der Waals surface area contributed by atoms with Gasteiger partial charge in [-0.25, -0.2) is 0 Å². The first-order valence-electron chi connectivity index (χ1n) is 8.12. The van der Waals surface area contributed by atoms with Gasteiger partial charge in [0, 0.05) is 37.6 Å². The second kappa shape index (κ2) is 9.84. The predicted octanol–water partition coefficient (Wildman–Crippen LogP) is 3.05. The Morgan fingerprint density at radius 3 is 2.58 bits per heavy atom. The maximum absolute atomic E-state index is 12.6. The molecule has 0 bridgehead atoms. The van der Waals surface area contributed by atoms with Crippen molar-refractivity contribution in [2.24, 2.45) is 0 Å². The first-order valence-corrected chi connectivity index (χ1v) is 8.12. The third-order valence-electron chi connectivity index (χ3n) is 3.69. The molecule has 1 heterocycles. The van der Waals surface area contributed by atoms with E-state index in [1.165, 1.54) is 6.08 Å². The maximum atomic E-state index is 12.6. The molecule has 0 N–H and O–H groups in total. The minimum absolute atomic E-state index is 0.175. The summed E-state index contributed by atoms with van der Waals surface area (Å²) in [6.07, 6.45) is 6.86. The number of carbonyl (C=O) groups is 1. The number of pyridine rings is 1. The third kappa shape index (κ3) is 5.64. The van der Waals surface area contributed by atoms with Crippen molar-refractivity contribution >= 4 is 12.0 Å². The average Bonchev–Trinajstić information content (AvgIpc) is 2.69. The van der Waals surface area contributed by atoms with Gasteiger partial charge in [-0.1, -0.05) is 6.07 Å². The Kier molecular flexibility index (Phi) is 7.19. The molecule has 1 aromatic carbocycles. The van der Waals surface area contributed by atoms with Crippen LogP contribution in [-0.4, -0.2) is 36.6 Å². The van der Waals surface area contributed by atoms with Crippen molar-refractivity contribution in [1.29, 1.82) is 5.26 Å². The minimum atomic E-state index is -0.175. The average molecular weight is 351 g/mol. The Balaban J connectivity index is 2.15. The van der Waals surface area contributed by atoms with Crippen LogP contribution in [0.15, 0.2) is 48.8 Å². The number of benzene rings is 1. The Bertz CT molecular complexity index is 775. The molecule has 0 radical (unpaired) electrons. The lowest BCUT2D eigenvalue weighted by atomic mass is 10.1. The summed E-state index contributed by atoms with van der Waals surface area (Å²) in [6.45, 7) is 0.760. The van der Waals surface area contributed by atoms with Crippen LogP contribution < -0.4 is 9.47 Å². The van der Waals surface area contributed by atoms with E-state index >= 15 is 0 Å². The molecule has 0 spiro atoms. The lowest BCUT2D eigenvalue weighted by molar-refractivity contribution is -0.126. The van der Waals surface area contributed by atoms with Crippen molar-refractivity contribution in [2.75, 3.05) is 20.8 Å². The monoisotopic (exact) mass is 351 g/mol. The zero-order valence-corrected chi connectivity index (χ0v) is 14.9. The van der Waals surface area contributed by atoms with Crippen molar-refractivity contribution in [1.82, 2.24) is 9.88 Å². The highest BCUT2D eigenvalue weighted by atomic mass is 16.5. The van der Waals surface area contributed by atoms with E-state index < -0.39 is 0 Å². The number of nitrogens with zero attached hydrogens (tertiary/aromatic N) is 3. The zero-order chi connectivity index (χ0) is 18.8. The van der Waals surface area contributed by atoms with Crippen molar-refractivity contribution in [3.8, 4) is 17.6 Å². The van der Waals surface area contributed by atoms with Crippen LogP contribution in [-0.2, 0) is 11.3 Å². The first kappa shape index (κ1) is 19.0. The number of ether oxygens (including phenoxy) is 2. The van der Waals surface area contributed by atoms with Gasteiger partial charge in [0.05, 0.1) is 26.7 Å². The molecule has 26 heavy (non-hydrogen) atoms. The summed E-state index contributed by atoms with van der Waals surface area (Å²) in [4.78, 5) is 18.3. The van der Waals surface area contributed by atoms with Crippen LogP contribution in [0.5, 0.6) is 11.5 Å². The van der Waals surface area contributed by atoms with Crippen LogP contribution in [0, 0.1) is 11.3 Å². The van der Waals surface area contributed by atoms with Gasteiger partial charge < -0.3 is 14.4 Å². The van der Waals surface area contributed by atoms with Crippen molar-refractivity contribution in [3.05, 3.63) is 59.9 Å². The lowest BCUT2D eigenvalue weighted by Crippen LogP contribution is -2.29. The Morgan fingerprint density at radius 2 is 2.00 bits per heavy atom. The van der Waals surface area contributed by atoms with Crippen LogP contribution in [0.4, 0.5) is 0 Å². The summed E-state index contributed by atoms with van der Waals surface area (Å²) in [5.74, 6) is 1.12. The molecular weight excluding hydrogens is 330 g/mol. The SMILES string of the molecule is COc1cc(/C=C/C(=O)N(CCC#N)Cc2cccnc2)cc(OC)c1. The molecule has 0 aliphatic heterocycles. The van der Waals surface area contributed by atoms with E-state index in [-0.39, 0.29) is 12.3 Å². The first-order chi connectivity index (χ1) is 12.7. The van der Waals surface area contributed by atoms with Gasteiger partial charge in [-0.05, 0) is 35.4 Å². The number of methoxy groups -OCH3 is 2. The number of hydrogen-bond donors (Lipinski definition) is 0. The zero-order valence-electron chi connectivity index (χ0n) is 14.9. The van der Waals surface area contributed by atoms with E-state index in [0.29, 0.717) is 24.6 Å². The summed E-state index contributed by atoms with van der Waals surface area (Å²) in [5, 5.41) is 8.84. The van der Waals surface area contributed by atoms with Gasteiger partial charge in [-0.2, -0.15) is 5.26 Å². The number of hydrogen-bond acceptors (Lipinski definition) is 5. The van der Waals surface area contributed by atoms with Gasteiger partial charge in [0.2, 0.25) is 5.91 Å². The van der Waals surface area contributed by atoms with Crippen LogP contribution in [0.25, 0.3) is 6.08 Å². The minimum Gasteiger partial charge on any atom is -0.497 e. The van der Waals surface area contributed by atoms with Gasteiger partial charge >= 0.3 is 0 Å². The summed E-state index contributed by atoms with van der Waals surface area (Å²) in [7, 11) is 3.15. The number of aromatic nitrogens is 1. The molecule has 1 aromatic heterocycles. The maximum Gasteiger partial charge on any atom is 0.246 e. The fourth-order valence-electron chi connectivity index (χ4n) is 2.36. The van der Waals surface area contributed by atoms with Crippen molar-refractivity contribution in [3.63, 3.8) is 0 Å². The summed E-state index contributed by atoms with van der Waals surface area (Å²) >= 11 is 0. The molecule has 0 saturated heterocycles. The number of carbonyl (C=O) groups excluding carboxylic acids is 1. The van der Waals surface area contributed by atoms with E-state index in [2.05, 4.69) is 11.1 Å². The molecule has 0 aliphatic rings. The number of rotatable bonds is 8. The Hall–Kier alpha value is -3.33. The highest BCUT2D eigenvalue weighted by Gasteiger charge is 2.11. The van der Waals surface area contributed by atoms with E-state index in [9.17, 15) is 4.79 Å². The van der Waals surface area contributed by atoms with E-state index in [4.69, 9.17) is 14.7 Å². The molecule has 0 saturated carbocycles. The second-order valence-corrected chi connectivity index (χ2v) is 5.51. The standard InChI is InChI=1S/C20H21N3O3/c1-25-18-11-16(12-19(13-18)26-2)6-7-20(24)23(10-4-8-21)15-17-5-3-9-22-14-17/h3,5-7,9,11-14H,4,10,15H2,1-2H3/b7-6+.